The summed E-state index contributed by atoms with van der Waals surface area (Å²) in [7, 11) is 2.24. The molecular formula is C16H23ClN4. The molecule has 21 heavy (non-hydrogen) atoms. The van der Waals surface area contributed by atoms with Gasteiger partial charge in [0.15, 0.2) is 0 Å². The van der Waals surface area contributed by atoms with Gasteiger partial charge in [0.05, 0.1) is 10.7 Å². The van der Waals surface area contributed by atoms with E-state index in [0.717, 1.165) is 42.0 Å². The molecule has 3 rings (SSSR count). The first-order valence-electron chi connectivity index (χ1n) is 7.76. The van der Waals surface area contributed by atoms with Crippen LogP contribution in [0.25, 0.3) is 5.65 Å². The summed E-state index contributed by atoms with van der Waals surface area (Å²) < 4.78 is 1.98. The van der Waals surface area contributed by atoms with Crippen molar-refractivity contribution in [2.45, 2.75) is 38.3 Å². The molecule has 4 nitrogen and oxygen atoms in total. The topological polar surface area (TPSA) is 32.6 Å². The van der Waals surface area contributed by atoms with Gasteiger partial charge in [-0.15, -0.1) is 0 Å². The molecule has 0 atom stereocenters. The molecule has 0 saturated heterocycles. The van der Waals surface area contributed by atoms with E-state index in [1.807, 2.05) is 28.9 Å². The molecular weight excluding hydrogens is 284 g/mol. The predicted octanol–water partition coefficient (Wildman–Crippen LogP) is 2.95. The van der Waals surface area contributed by atoms with Gasteiger partial charge in [0.1, 0.15) is 5.65 Å². The first-order valence-corrected chi connectivity index (χ1v) is 8.14. The smallest absolute Gasteiger partial charge is 0.137 e. The van der Waals surface area contributed by atoms with Crippen LogP contribution in [-0.2, 0) is 6.54 Å². The fourth-order valence-electron chi connectivity index (χ4n) is 3.10. The Balaban J connectivity index is 1.45. The van der Waals surface area contributed by atoms with Crippen molar-refractivity contribution in [1.82, 2.24) is 19.6 Å². The van der Waals surface area contributed by atoms with Crippen LogP contribution in [0.1, 0.15) is 31.4 Å². The molecule has 1 aliphatic rings. The summed E-state index contributed by atoms with van der Waals surface area (Å²) >= 11 is 5.98. The number of nitrogens with zero attached hydrogens (tertiary/aromatic N) is 3. The fourth-order valence-corrected chi connectivity index (χ4v) is 3.27. The maximum atomic E-state index is 5.98. The molecule has 2 aromatic rings. The zero-order valence-electron chi connectivity index (χ0n) is 12.6. The molecule has 1 aliphatic carbocycles. The molecule has 0 spiro atoms. The van der Waals surface area contributed by atoms with E-state index < -0.39 is 0 Å². The Labute approximate surface area is 131 Å². The SMILES string of the molecule is CN(CCNCc1cn2cc(Cl)ccc2n1)C1CCCC1. The number of pyridine rings is 1. The van der Waals surface area contributed by atoms with E-state index >= 15 is 0 Å². The third kappa shape index (κ3) is 3.76. The van der Waals surface area contributed by atoms with Gasteiger partial charge < -0.3 is 14.6 Å². The van der Waals surface area contributed by atoms with Gasteiger partial charge in [-0.2, -0.15) is 0 Å². The minimum atomic E-state index is 0.734. The highest BCUT2D eigenvalue weighted by Gasteiger charge is 2.18. The second-order valence-corrected chi connectivity index (χ2v) is 6.38. The Kier molecular flexibility index (Phi) is 4.78. The lowest BCUT2D eigenvalue weighted by molar-refractivity contribution is 0.245. The summed E-state index contributed by atoms with van der Waals surface area (Å²) in [4.78, 5) is 7.07. The Morgan fingerprint density at radius 3 is 2.95 bits per heavy atom. The van der Waals surface area contributed by atoms with E-state index in [0.29, 0.717) is 0 Å². The molecule has 0 aromatic carbocycles. The van der Waals surface area contributed by atoms with Gasteiger partial charge in [-0.1, -0.05) is 24.4 Å². The summed E-state index contributed by atoms with van der Waals surface area (Å²) in [5, 5.41) is 4.22. The molecule has 114 valence electrons. The van der Waals surface area contributed by atoms with Gasteiger partial charge in [-0.05, 0) is 32.0 Å². The number of halogens is 1. The first-order chi connectivity index (χ1) is 10.2. The highest BCUT2D eigenvalue weighted by Crippen LogP contribution is 2.21. The van der Waals surface area contributed by atoms with Gasteiger partial charge in [0, 0.05) is 38.1 Å². The molecule has 0 bridgehead atoms. The molecule has 2 heterocycles. The van der Waals surface area contributed by atoms with Gasteiger partial charge in [0.2, 0.25) is 0 Å². The third-order valence-electron chi connectivity index (χ3n) is 4.36. The van der Waals surface area contributed by atoms with Crippen LogP contribution >= 0.6 is 11.6 Å². The maximum absolute atomic E-state index is 5.98. The second kappa shape index (κ2) is 6.77. The molecule has 1 fully saturated rings. The Morgan fingerprint density at radius 1 is 1.33 bits per heavy atom. The summed E-state index contributed by atoms with van der Waals surface area (Å²) in [5.74, 6) is 0. The average Bonchev–Trinajstić information content (AvgIpc) is 3.11. The largest absolute Gasteiger partial charge is 0.310 e. The van der Waals surface area contributed by atoms with E-state index in [9.17, 15) is 0 Å². The van der Waals surface area contributed by atoms with E-state index in [2.05, 4.69) is 22.2 Å². The molecule has 0 amide bonds. The standard InChI is InChI=1S/C16H23ClN4/c1-20(15-4-2-3-5-15)9-8-18-10-14-12-21-11-13(17)6-7-16(21)19-14/h6-7,11-12,15,18H,2-5,8-10H2,1H3. The van der Waals surface area contributed by atoms with Crippen LogP contribution in [0.15, 0.2) is 24.5 Å². The zero-order chi connectivity index (χ0) is 14.7. The Morgan fingerprint density at radius 2 is 2.14 bits per heavy atom. The van der Waals surface area contributed by atoms with Gasteiger partial charge in [0.25, 0.3) is 0 Å². The first kappa shape index (κ1) is 14.8. The van der Waals surface area contributed by atoms with Crippen molar-refractivity contribution in [2.75, 3.05) is 20.1 Å². The van der Waals surface area contributed by atoms with Crippen molar-refractivity contribution in [3.8, 4) is 0 Å². The lowest BCUT2D eigenvalue weighted by Crippen LogP contribution is -2.35. The number of hydrogen-bond acceptors (Lipinski definition) is 3. The fraction of sp³-hybridized carbons (Fsp3) is 0.562. The van der Waals surface area contributed by atoms with Crippen molar-refractivity contribution in [3.63, 3.8) is 0 Å². The quantitative estimate of drug-likeness (QED) is 0.833. The van der Waals surface area contributed by atoms with Crippen molar-refractivity contribution in [2.24, 2.45) is 0 Å². The minimum Gasteiger partial charge on any atom is -0.310 e. The van der Waals surface area contributed by atoms with E-state index in [1.165, 1.54) is 25.7 Å². The average molecular weight is 307 g/mol. The van der Waals surface area contributed by atoms with E-state index in [4.69, 9.17) is 11.6 Å². The lowest BCUT2D eigenvalue weighted by atomic mass is 10.2. The Hall–Kier alpha value is -1.10. The van der Waals surface area contributed by atoms with Gasteiger partial charge >= 0.3 is 0 Å². The summed E-state index contributed by atoms with van der Waals surface area (Å²) in [5.41, 5.74) is 2.00. The summed E-state index contributed by atoms with van der Waals surface area (Å²) in [6.45, 7) is 2.91. The number of hydrogen-bond donors (Lipinski definition) is 1. The van der Waals surface area contributed by atoms with Crippen LogP contribution in [0.2, 0.25) is 5.02 Å². The molecule has 5 heteroatoms. The third-order valence-corrected chi connectivity index (χ3v) is 4.58. The van der Waals surface area contributed by atoms with Crippen LogP contribution < -0.4 is 5.32 Å². The van der Waals surface area contributed by atoms with Crippen LogP contribution in [0.4, 0.5) is 0 Å². The normalized spacial score (nSPS) is 16.3. The van der Waals surface area contributed by atoms with Gasteiger partial charge in [-0.25, -0.2) is 4.98 Å². The second-order valence-electron chi connectivity index (χ2n) is 5.94. The molecule has 0 aliphatic heterocycles. The maximum Gasteiger partial charge on any atom is 0.137 e. The van der Waals surface area contributed by atoms with Crippen molar-refractivity contribution >= 4 is 17.2 Å². The van der Waals surface area contributed by atoms with E-state index in [1.54, 1.807) is 0 Å². The highest BCUT2D eigenvalue weighted by atomic mass is 35.5. The molecule has 2 aromatic heterocycles. The zero-order valence-corrected chi connectivity index (χ0v) is 13.3. The molecule has 0 radical (unpaired) electrons. The predicted molar refractivity (Wildman–Crippen MR) is 86.8 cm³/mol. The van der Waals surface area contributed by atoms with Crippen LogP contribution in [0.5, 0.6) is 0 Å². The number of rotatable bonds is 6. The van der Waals surface area contributed by atoms with Crippen molar-refractivity contribution < 1.29 is 0 Å². The lowest BCUT2D eigenvalue weighted by Gasteiger charge is -2.23. The van der Waals surface area contributed by atoms with Crippen LogP contribution in [-0.4, -0.2) is 40.5 Å². The molecule has 0 unspecified atom stereocenters. The minimum absolute atomic E-state index is 0.734. The van der Waals surface area contributed by atoms with Crippen molar-refractivity contribution in [1.29, 1.82) is 0 Å². The van der Waals surface area contributed by atoms with Crippen LogP contribution in [0, 0.1) is 0 Å². The molecule has 1 N–H and O–H groups in total. The van der Waals surface area contributed by atoms with Crippen LogP contribution in [0.3, 0.4) is 0 Å². The van der Waals surface area contributed by atoms with E-state index in [-0.39, 0.29) is 0 Å². The van der Waals surface area contributed by atoms with Gasteiger partial charge in [-0.3, -0.25) is 0 Å². The Bertz CT molecular complexity index is 589. The summed E-state index contributed by atoms with van der Waals surface area (Å²) in [6.07, 6.45) is 9.45. The molecule has 1 saturated carbocycles. The highest BCUT2D eigenvalue weighted by molar-refractivity contribution is 6.30. The number of nitrogens with one attached hydrogen (secondary N) is 1. The van der Waals surface area contributed by atoms with Crippen molar-refractivity contribution in [3.05, 3.63) is 35.2 Å². The number of imidazole rings is 1. The number of likely N-dealkylation sites (N-methyl/N-ethyl adjacent to an activating group) is 1. The summed E-state index contributed by atoms with van der Waals surface area (Å²) in [6, 6.07) is 4.61. The monoisotopic (exact) mass is 306 g/mol. The number of aromatic nitrogens is 2. The number of fused-ring (bicyclic) bond motifs is 1.